The molecule has 4 rings (SSSR count). The first kappa shape index (κ1) is 19.0. The van der Waals surface area contributed by atoms with Crippen LogP contribution in [0, 0.1) is 5.82 Å². The highest BCUT2D eigenvalue weighted by Gasteiger charge is 2.23. The molecule has 144 valence electrons. The van der Waals surface area contributed by atoms with Gasteiger partial charge < -0.3 is 9.80 Å². The minimum atomic E-state index is -0.212. The third-order valence-electron chi connectivity index (χ3n) is 4.70. The zero-order valence-corrected chi connectivity index (χ0v) is 16.9. The topological polar surface area (TPSA) is 36.4 Å². The zero-order valence-electron chi connectivity index (χ0n) is 15.3. The van der Waals surface area contributed by atoms with E-state index >= 15 is 0 Å². The van der Waals surface area contributed by atoms with Crippen molar-refractivity contribution >= 4 is 34.7 Å². The molecule has 1 aliphatic rings. The number of halogens is 1. The SMILES string of the molecule is O=C(CSc1nc(-c2ccccc2)cs1)N1CCN(c2ccccc2F)CC1. The zero-order chi connectivity index (χ0) is 19.3. The summed E-state index contributed by atoms with van der Waals surface area (Å²) in [4.78, 5) is 21.0. The lowest BCUT2D eigenvalue weighted by Crippen LogP contribution is -2.49. The van der Waals surface area contributed by atoms with Gasteiger partial charge in [-0.3, -0.25) is 4.79 Å². The molecule has 0 N–H and O–H groups in total. The number of rotatable bonds is 5. The Morgan fingerprint density at radius 3 is 2.50 bits per heavy atom. The van der Waals surface area contributed by atoms with E-state index in [1.54, 1.807) is 23.5 Å². The molecular weight excluding hydrogens is 393 g/mol. The third kappa shape index (κ3) is 4.36. The molecule has 1 aliphatic heterocycles. The Hall–Kier alpha value is -2.38. The third-order valence-corrected chi connectivity index (χ3v) is 6.70. The number of hydrogen-bond donors (Lipinski definition) is 0. The molecule has 7 heteroatoms. The molecule has 1 saturated heterocycles. The average Bonchev–Trinajstić information content (AvgIpc) is 3.22. The number of thioether (sulfide) groups is 1. The molecule has 28 heavy (non-hydrogen) atoms. The van der Waals surface area contributed by atoms with Gasteiger partial charge in [-0.05, 0) is 12.1 Å². The monoisotopic (exact) mass is 413 g/mol. The van der Waals surface area contributed by atoms with E-state index < -0.39 is 0 Å². The Bertz CT molecular complexity index is 940. The summed E-state index contributed by atoms with van der Waals surface area (Å²) < 4.78 is 14.8. The number of para-hydroxylation sites is 1. The van der Waals surface area contributed by atoms with Gasteiger partial charge in [0.2, 0.25) is 5.91 Å². The highest BCUT2D eigenvalue weighted by molar-refractivity contribution is 8.01. The van der Waals surface area contributed by atoms with Gasteiger partial charge in [0.05, 0.1) is 17.1 Å². The van der Waals surface area contributed by atoms with Crippen molar-refractivity contribution in [1.82, 2.24) is 9.88 Å². The Morgan fingerprint density at radius 1 is 1.04 bits per heavy atom. The van der Waals surface area contributed by atoms with Crippen LogP contribution in [0.2, 0.25) is 0 Å². The number of hydrogen-bond acceptors (Lipinski definition) is 5. The van der Waals surface area contributed by atoms with Crippen LogP contribution in [-0.4, -0.2) is 47.7 Å². The second kappa shape index (κ2) is 8.75. The van der Waals surface area contributed by atoms with Crippen LogP contribution in [0.15, 0.2) is 64.3 Å². The van der Waals surface area contributed by atoms with Crippen molar-refractivity contribution in [2.24, 2.45) is 0 Å². The molecule has 0 atom stereocenters. The summed E-state index contributed by atoms with van der Waals surface area (Å²) in [7, 11) is 0. The lowest BCUT2D eigenvalue weighted by molar-refractivity contribution is -0.128. The molecule has 1 amide bonds. The molecule has 1 aromatic heterocycles. The normalized spacial score (nSPS) is 14.3. The van der Waals surface area contributed by atoms with Crippen LogP contribution in [0.3, 0.4) is 0 Å². The molecule has 0 aliphatic carbocycles. The quantitative estimate of drug-likeness (QED) is 0.582. The molecule has 0 spiro atoms. The molecule has 2 aromatic carbocycles. The fraction of sp³-hybridized carbons (Fsp3) is 0.238. The van der Waals surface area contributed by atoms with Crippen molar-refractivity contribution < 1.29 is 9.18 Å². The van der Waals surface area contributed by atoms with Gasteiger partial charge >= 0.3 is 0 Å². The molecule has 0 radical (unpaired) electrons. The average molecular weight is 414 g/mol. The number of piperazine rings is 1. The molecular formula is C21H20FN3OS2. The number of anilines is 1. The van der Waals surface area contributed by atoms with Crippen molar-refractivity contribution in [3.8, 4) is 11.3 Å². The van der Waals surface area contributed by atoms with Crippen molar-refractivity contribution in [2.75, 3.05) is 36.8 Å². The van der Waals surface area contributed by atoms with Gasteiger partial charge in [0, 0.05) is 37.1 Å². The molecule has 1 fully saturated rings. The van der Waals surface area contributed by atoms with Crippen LogP contribution >= 0.6 is 23.1 Å². The molecule has 4 nitrogen and oxygen atoms in total. The summed E-state index contributed by atoms with van der Waals surface area (Å²) in [6, 6.07) is 16.8. The van der Waals surface area contributed by atoms with E-state index in [9.17, 15) is 9.18 Å². The van der Waals surface area contributed by atoms with Crippen molar-refractivity contribution in [1.29, 1.82) is 0 Å². The van der Waals surface area contributed by atoms with E-state index in [0.29, 0.717) is 37.6 Å². The van der Waals surface area contributed by atoms with Crippen molar-refractivity contribution in [3.05, 3.63) is 65.8 Å². The fourth-order valence-electron chi connectivity index (χ4n) is 3.18. The van der Waals surface area contributed by atoms with Gasteiger partial charge in [0.1, 0.15) is 5.82 Å². The first-order valence-corrected chi connectivity index (χ1v) is 11.0. The van der Waals surface area contributed by atoms with Crippen molar-refractivity contribution in [2.45, 2.75) is 4.34 Å². The molecule has 0 unspecified atom stereocenters. The Balaban J connectivity index is 1.28. The Morgan fingerprint density at radius 2 is 1.75 bits per heavy atom. The van der Waals surface area contributed by atoms with Crippen LogP contribution in [0.25, 0.3) is 11.3 Å². The smallest absolute Gasteiger partial charge is 0.233 e. The predicted molar refractivity (Wildman–Crippen MR) is 113 cm³/mol. The lowest BCUT2D eigenvalue weighted by atomic mass is 10.2. The molecule has 2 heterocycles. The first-order valence-electron chi connectivity index (χ1n) is 9.12. The summed E-state index contributed by atoms with van der Waals surface area (Å²) >= 11 is 3.04. The number of thiazole rings is 1. The lowest BCUT2D eigenvalue weighted by Gasteiger charge is -2.36. The van der Waals surface area contributed by atoms with Crippen LogP contribution in [-0.2, 0) is 4.79 Å². The largest absolute Gasteiger partial charge is 0.366 e. The van der Waals surface area contributed by atoms with Crippen LogP contribution in [0.5, 0.6) is 0 Å². The van der Waals surface area contributed by atoms with E-state index in [2.05, 4.69) is 4.98 Å². The van der Waals surface area contributed by atoms with E-state index in [-0.39, 0.29) is 11.7 Å². The first-order chi connectivity index (χ1) is 13.7. The van der Waals surface area contributed by atoms with Gasteiger partial charge in [-0.25, -0.2) is 9.37 Å². The van der Waals surface area contributed by atoms with E-state index in [4.69, 9.17) is 0 Å². The van der Waals surface area contributed by atoms with E-state index in [1.807, 2.05) is 51.6 Å². The van der Waals surface area contributed by atoms with Crippen LogP contribution in [0.4, 0.5) is 10.1 Å². The van der Waals surface area contributed by atoms with Gasteiger partial charge in [-0.2, -0.15) is 0 Å². The predicted octanol–water partition coefficient (Wildman–Crippen LogP) is 4.39. The molecule has 3 aromatic rings. The minimum Gasteiger partial charge on any atom is -0.366 e. The highest BCUT2D eigenvalue weighted by atomic mass is 32.2. The number of carbonyl (C=O) groups is 1. The number of aromatic nitrogens is 1. The minimum absolute atomic E-state index is 0.106. The standard InChI is InChI=1S/C21H20FN3OS2/c22-17-8-4-5-9-19(17)24-10-12-25(13-11-24)20(26)15-28-21-23-18(14-27-21)16-6-2-1-3-7-16/h1-9,14H,10-13,15H2. The maximum Gasteiger partial charge on any atom is 0.233 e. The summed E-state index contributed by atoms with van der Waals surface area (Å²) in [6.07, 6.45) is 0. The summed E-state index contributed by atoms with van der Waals surface area (Å²) in [5.74, 6) is 0.270. The van der Waals surface area contributed by atoms with Crippen LogP contribution < -0.4 is 4.90 Å². The summed E-state index contributed by atoms with van der Waals surface area (Å²) in [5, 5.41) is 2.02. The van der Waals surface area contributed by atoms with Gasteiger partial charge in [0.15, 0.2) is 4.34 Å². The second-order valence-corrected chi connectivity index (χ2v) is 8.55. The second-order valence-electron chi connectivity index (χ2n) is 6.47. The van der Waals surface area contributed by atoms with E-state index in [1.165, 1.54) is 17.8 Å². The maximum atomic E-state index is 13.9. The summed E-state index contributed by atoms with van der Waals surface area (Å²) in [5.41, 5.74) is 2.64. The Kier molecular flexibility index (Phi) is 5.92. The van der Waals surface area contributed by atoms with Gasteiger partial charge in [-0.1, -0.05) is 54.2 Å². The number of carbonyl (C=O) groups excluding carboxylic acids is 1. The van der Waals surface area contributed by atoms with Crippen molar-refractivity contribution in [3.63, 3.8) is 0 Å². The Labute approximate surface area is 172 Å². The van der Waals surface area contributed by atoms with Gasteiger partial charge in [0.25, 0.3) is 0 Å². The van der Waals surface area contributed by atoms with Crippen LogP contribution in [0.1, 0.15) is 0 Å². The number of nitrogens with zero attached hydrogens (tertiary/aromatic N) is 3. The highest BCUT2D eigenvalue weighted by Crippen LogP contribution is 2.28. The molecule has 0 saturated carbocycles. The number of amides is 1. The van der Waals surface area contributed by atoms with Gasteiger partial charge in [-0.15, -0.1) is 11.3 Å². The number of benzene rings is 2. The van der Waals surface area contributed by atoms with E-state index in [0.717, 1.165) is 15.6 Å². The molecule has 0 bridgehead atoms. The summed E-state index contributed by atoms with van der Waals surface area (Å²) in [6.45, 7) is 2.52. The maximum absolute atomic E-state index is 13.9. The fourth-order valence-corrected chi connectivity index (χ4v) is 4.92.